The second-order valence-corrected chi connectivity index (χ2v) is 9.94. The van der Waals surface area contributed by atoms with Crippen LogP contribution in [-0.2, 0) is 19.5 Å². The molecule has 30 heavy (non-hydrogen) atoms. The largest absolute Gasteiger partial charge is 0.306 e. The van der Waals surface area contributed by atoms with Crippen LogP contribution in [0.4, 0.5) is 8.78 Å². The number of fused-ring (bicyclic) bond motifs is 1. The zero-order valence-electron chi connectivity index (χ0n) is 16.6. The van der Waals surface area contributed by atoms with Crippen LogP contribution in [-0.4, -0.2) is 25.5 Å². The second-order valence-electron chi connectivity index (χ2n) is 8.38. The molecule has 156 valence electrons. The van der Waals surface area contributed by atoms with Crippen LogP contribution < -0.4 is 5.56 Å². The van der Waals surface area contributed by atoms with E-state index in [1.165, 1.54) is 25.2 Å². The van der Waals surface area contributed by atoms with Gasteiger partial charge in [-0.2, -0.15) is 11.8 Å². The third-order valence-corrected chi connectivity index (χ3v) is 8.06. The summed E-state index contributed by atoms with van der Waals surface area (Å²) in [5.74, 6) is 0.861. The molecule has 4 nitrogen and oxygen atoms in total. The molecule has 3 aromatic rings. The first-order valence-corrected chi connectivity index (χ1v) is 11.4. The molecule has 1 saturated carbocycles. The average Bonchev–Trinajstić information content (AvgIpc) is 3.50. The van der Waals surface area contributed by atoms with Gasteiger partial charge in [0.25, 0.3) is 5.56 Å². The van der Waals surface area contributed by atoms with Crippen molar-refractivity contribution in [2.75, 3.05) is 5.75 Å². The number of aromatic amines is 1. The molecule has 1 aromatic carbocycles. The lowest BCUT2D eigenvalue weighted by Crippen LogP contribution is -2.24. The number of aryl methyl sites for hydroxylation is 2. The summed E-state index contributed by atoms with van der Waals surface area (Å²) in [4.78, 5) is 24.3. The number of rotatable bonds is 5. The van der Waals surface area contributed by atoms with Gasteiger partial charge in [-0.25, -0.2) is 18.7 Å². The Hall–Kier alpha value is -2.28. The van der Waals surface area contributed by atoms with E-state index in [4.69, 9.17) is 0 Å². The number of hydrogen-bond donors (Lipinski definition) is 1. The van der Waals surface area contributed by atoms with Gasteiger partial charge in [-0.15, -0.1) is 0 Å². The van der Waals surface area contributed by atoms with Gasteiger partial charge >= 0.3 is 0 Å². The summed E-state index contributed by atoms with van der Waals surface area (Å²) in [6, 6.07) is 6.77. The molecule has 3 heterocycles. The first-order valence-electron chi connectivity index (χ1n) is 10.4. The number of aromatic nitrogens is 3. The molecule has 2 fully saturated rings. The van der Waals surface area contributed by atoms with Crippen LogP contribution in [0.25, 0.3) is 11.0 Å². The SMILES string of the molecule is O=c1[nH]c2ncnc(CCc3cccc(CF)c3F)c2cc1C1CCSC2(CC2)C1. The van der Waals surface area contributed by atoms with Crippen molar-refractivity contribution in [2.24, 2.45) is 0 Å². The second kappa shape index (κ2) is 7.76. The molecule has 1 unspecified atom stereocenters. The molecule has 1 saturated heterocycles. The summed E-state index contributed by atoms with van der Waals surface area (Å²) >= 11 is 2.05. The lowest BCUT2D eigenvalue weighted by Gasteiger charge is -2.28. The molecule has 0 amide bonds. The van der Waals surface area contributed by atoms with Crippen LogP contribution in [0.5, 0.6) is 0 Å². The summed E-state index contributed by atoms with van der Waals surface area (Å²) in [5, 5.41) is 0.817. The molecule has 1 atom stereocenters. The highest BCUT2D eigenvalue weighted by Crippen LogP contribution is 2.57. The maximum absolute atomic E-state index is 14.4. The normalized spacial score (nSPS) is 20.0. The number of pyridine rings is 1. The number of H-pyrrole nitrogens is 1. The van der Waals surface area contributed by atoms with Gasteiger partial charge in [0.15, 0.2) is 0 Å². The Morgan fingerprint density at radius 3 is 2.83 bits per heavy atom. The van der Waals surface area contributed by atoms with Gasteiger partial charge in [0, 0.05) is 21.3 Å². The van der Waals surface area contributed by atoms with Crippen molar-refractivity contribution in [1.82, 2.24) is 15.0 Å². The van der Waals surface area contributed by atoms with Crippen LogP contribution in [0.1, 0.15) is 54.0 Å². The average molecular weight is 428 g/mol. The van der Waals surface area contributed by atoms with Crippen molar-refractivity contribution >= 4 is 22.8 Å². The minimum Gasteiger partial charge on any atom is -0.306 e. The van der Waals surface area contributed by atoms with E-state index in [2.05, 4.69) is 26.7 Å². The van der Waals surface area contributed by atoms with Crippen LogP contribution in [0.2, 0.25) is 0 Å². The molecule has 1 spiro atoms. The topological polar surface area (TPSA) is 58.6 Å². The van der Waals surface area contributed by atoms with Crippen molar-refractivity contribution in [3.05, 3.63) is 69.1 Å². The van der Waals surface area contributed by atoms with Gasteiger partial charge in [-0.3, -0.25) is 4.79 Å². The maximum atomic E-state index is 14.4. The van der Waals surface area contributed by atoms with Crippen molar-refractivity contribution < 1.29 is 8.78 Å². The molecule has 0 bridgehead atoms. The van der Waals surface area contributed by atoms with Crippen LogP contribution in [0, 0.1) is 5.82 Å². The zero-order valence-corrected chi connectivity index (χ0v) is 17.4. The number of thioether (sulfide) groups is 1. The summed E-state index contributed by atoms with van der Waals surface area (Å²) in [7, 11) is 0. The molecular formula is C23H23F2N3OS. The number of hydrogen-bond acceptors (Lipinski definition) is 4. The van der Waals surface area contributed by atoms with E-state index in [-0.39, 0.29) is 17.0 Å². The number of nitrogens with one attached hydrogen (secondary N) is 1. The summed E-state index contributed by atoms with van der Waals surface area (Å²) in [5.41, 5.74) is 2.58. The molecule has 1 aliphatic carbocycles. The first kappa shape index (κ1) is 19.7. The van der Waals surface area contributed by atoms with Gasteiger partial charge in [0.1, 0.15) is 24.5 Å². The van der Waals surface area contributed by atoms with Crippen molar-refractivity contribution in [2.45, 2.75) is 55.9 Å². The Morgan fingerprint density at radius 2 is 2.03 bits per heavy atom. The number of benzene rings is 1. The Kier molecular flexibility index (Phi) is 5.09. The molecule has 0 radical (unpaired) electrons. The van der Waals surface area contributed by atoms with E-state index in [1.54, 1.807) is 12.1 Å². The number of alkyl halides is 1. The van der Waals surface area contributed by atoms with Gasteiger partial charge < -0.3 is 4.98 Å². The minimum atomic E-state index is -0.818. The fourth-order valence-electron chi connectivity index (χ4n) is 4.55. The standard InChI is InChI=1S/C23H23F2N3OS/c24-12-16-3-1-2-14(20(16)25)4-5-19-18-10-17(22(29)28-21(18)27-13-26-19)15-6-9-30-23(11-15)7-8-23/h1-3,10,13,15H,4-9,11-12H2,(H,26,27,28,29). The van der Waals surface area contributed by atoms with E-state index in [9.17, 15) is 13.6 Å². The monoisotopic (exact) mass is 427 g/mol. The molecule has 5 rings (SSSR count). The van der Waals surface area contributed by atoms with E-state index in [0.717, 1.165) is 35.2 Å². The quantitative estimate of drug-likeness (QED) is 0.632. The Morgan fingerprint density at radius 1 is 1.20 bits per heavy atom. The fraction of sp³-hybridized carbons (Fsp3) is 0.435. The van der Waals surface area contributed by atoms with Crippen molar-refractivity contribution in [3.8, 4) is 0 Å². The Balaban J connectivity index is 1.46. The van der Waals surface area contributed by atoms with Crippen molar-refractivity contribution in [1.29, 1.82) is 0 Å². The van der Waals surface area contributed by atoms with E-state index >= 15 is 0 Å². The Labute approximate surface area is 177 Å². The van der Waals surface area contributed by atoms with Gasteiger partial charge in [-0.1, -0.05) is 18.2 Å². The third kappa shape index (κ3) is 3.64. The predicted molar refractivity (Wildman–Crippen MR) is 115 cm³/mol. The smallest absolute Gasteiger partial charge is 0.253 e. The van der Waals surface area contributed by atoms with Gasteiger partial charge in [0.05, 0.1) is 5.69 Å². The van der Waals surface area contributed by atoms with E-state index in [0.29, 0.717) is 28.8 Å². The summed E-state index contributed by atoms with van der Waals surface area (Å²) < 4.78 is 27.8. The van der Waals surface area contributed by atoms with Crippen LogP contribution in [0.3, 0.4) is 0 Å². The number of nitrogens with zero attached hydrogens (tertiary/aromatic N) is 2. The van der Waals surface area contributed by atoms with Gasteiger partial charge in [-0.05, 0) is 61.8 Å². The molecule has 2 aromatic heterocycles. The lowest BCUT2D eigenvalue weighted by molar-refractivity contribution is 0.461. The highest BCUT2D eigenvalue weighted by Gasteiger charge is 2.47. The minimum absolute atomic E-state index is 0.0680. The predicted octanol–water partition coefficient (Wildman–Crippen LogP) is 4.86. The van der Waals surface area contributed by atoms with E-state index < -0.39 is 12.5 Å². The van der Waals surface area contributed by atoms with E-state index in [1.807, 2.05) is 6.07 Å². The molecule has 1 aliphatic heterocycles. The highest BCUT2D eigenvalue weighted by molar-refractivity contribution is 8.01. The molecule has 7 heteroatoms. The lowest BCUT2D eigenvalue weighted by atomic mass is 9.90. The first-order chi connectivity index (χ1) is 14.6. The maximum Gasteiger partial charge on any atom is 0.253 e. The molecule has 1 N–H and O–H groups in total. The molecule has 2 aliphatic rings. The fourth-order valence-corrected chi connectivity index (χ4v) is 6.10. The summed E-state index contributed by atoms with van der Waals surface area (Å²) in [6.45, 7) is -0.818. The molecular weight excluding hydrogens is 404 g/mol. The zero-order chi connectivity index (χ0) is 20.7. The van der Waals surface area contributed by atoms with Crippen LogP contribution >= 0.6 is 11.8 Å². The number of halogens is 2. The summed E-state index contributed by atoms with van der Waals surface area (Å²) in [6.07, 6.45) is 6.87. The van der Waals surface area contributed by atoms with Gasteiger partial charge in [0.2, 0.25) is 0 Å². The van der Waals surface area contributed by atoms with Crippen LogP contribution in [0.15, 0.2) is 35.4 Å². The Bertz CT molecular complexity index is 1160. The highest BCUT2D eigenvalue weighted by atomic mass is 32.2. The third-order valence-electron chi connectivity index (χ3n) is 6.43. The van der Waals surface area contributed by atoms with Crippen molar-refractivity contribution in [3.63, 3.8) is 0 Å².